The van der Waals surface area contributed by atoms with E-state index in [1.807, 2.05) is 67.6 Å². The van der Waals surface area contributed by atoms with Gasteiger partial charge in [-0.3, -0.25) is 4.79 Å². The number of nitriles is 1. The summed E-state index contributed by atoms with van der Waals surface area (Å²) in [7, 11) is 1.62. The highest BCUT2D eigenvalue weighted by atomic mass is 32.2. The molecule has 0 aliphatic rings. The number of aromatic nitrogens is 1. The molecule has 0 aliphatic heterocycles. The van der Waals surface area contributed by atoms with Gasteiger partial charge in [0.25, 0.3) is 0 Å². The van der Waals surface area contributed by atoms with Crippen LogP contribution in [-0.4, -0.2) is 29.9 Å². The van der Waals surface area contributed by atoms with Gasteiger partial charge in [0, 0.05) is 11.1 Å². The molecule has 0 radical (unpaired) electrons. The van der Waals surface area contributed by atoms with Crippen LogP contribution in [0.1, 0.15) is 25.8 Å². The zero-order valence-electron chi connectivity index (χ0n) is 17.8. The van der Waals surface area contributed by atoms with E-state index in [1.54, 1.807) is 14.0 Å². The van der Waals surface area contributed by atoms with Gasteiger partial charge in [-0.25, -0.2) is 4.98 Å². The van der Waals surface area contributed by atoms with Crippen LogP contribution in [0.2, 0.25) is 0 Å². The van der Waals surface area contributed by atoms with Crippen LogP contribution in [0.25, 0.3) is 22.4 Å². The van der Waals surface area contributed by atoms with Crippen molar-refractivity contribution in [1.82, 2.24) is 4.98 Å². The SMILES string of the molecule is CCOC(=O)C(CC)Sc1nc(-c2ccccc2)cc(-c2ccc(OC)cc2)c1C#N. The van der Waals surface area contributed by atoms with Crippen molar-refractivity contribution in [1.29, 1.82) is 5.26 Å². The average Bonchev–Trinajstić information content (AvgIpc) is 2.82. The molecule has 1 atom stereocenters. The van der Waals surface area contributed by atoms with E-state index < -0.39 is 5.25 Å². The van der Waals surface area contributed by atoms with Crippen LogP contribution in [0.3, 0.4) is 0 Å². The van der Waals surface area contributed by atoms with Gasteiger partial charge in [-0.2, -0.15) is 5.26 Å². The number of carbonyl (C=O) groups excluding carboxylic acids is 1. The molecule has 3 aromatic rings. The van der Waals surface area contributed by atoms with Gasteiger partial charge in [0.1, 0.15) is 22.1 Å². The van der Waals surface area contributed by atoms with Crippen molar-refractivity contribution in [3.05, 3.63) is 66.2 Å². The molecule has 158 valence electrons. The molecule has 31 heavy (non-hydrogen) atoms. The van der Waals surface area contributed by atoms with Crippen LogP contribution in [0, 0.1) is 11.3 Å². The summed E-state index contributed by atoms with van der Waals surface area (Å²) >= 11 is 1.28. The number of esters is 1. The second-order valence-electron chi connectivity index (χ2n) is 6.71. The Kier molecular flexibility index (Phi) is 7.69. The normalized spacial score (nSPS) is 11.4. The number of hydrogen-bond acceptors (Lipinski definition) is 6. The molecule has 5 nitrogen and oxygen atoms in total. The molecule has 0 saturated heterocycles. The third-order valence-electron chi connectivity index (χ3n) is 4.74. The highest BCUT2D eigenvalue weighted by Gasteiger charge is 2.24. The third kappa shape index (κ3) is 5.25. The summed E-state index contributed by atoms with van der Waals surface area (Å²) in [6.45, 7) is 4.02. The fourth-order valence-electron chi connectivity index (χ4n) is 3.14. The lowest BCUT2D eigenvalue weighted by Gasteiger charge is -2.16. The smallest absolute Gasteiger partial charge is 0.319 e. The number of benzene rings is 2. The Morgan fingerprint density at radius 2 is 1.81 bits per heavy atom. The number of methoxy groups -OCH3 is 1. The van der Waals surface area contributed by atoms with Gasteiger partial charge >= 0.3 is 5.97 Å². The molecule has 0 N–H and O–H groups in total. The zero-order chi connectivity index (χ0) is 22.2. The first-order valence-electron chi connectivity index (χ1n) is 10.1. The maximum Gasteiger partial charge on any atom is 0.319 e. The zero-order valence-corrected chi connectivity index (χ0v) is 18.6. The third-order valence-corrected chi connectivity index (χ3v) is 6.07. The maximum absolute atomic E-state index is 12.4. The van der Waals surface area contributed by atoms with E-state index in [-0.39, 0.29) is 5.97 Å². The number of rotatable bonds is 8. The minimum absolute atomic E-state index is 0.295. The van der Waals surface area contributed by atoms with Gasteiger partial charge < -0.3 is 9.47 Å². The topological polar surface area (TPSA) is 72.2 Å². The maximum atomic E-state index is 12.4. The summed E-state index contributed by atoms with van der Waals surface area (Å²) in [5.41, 5.74) is 3.76. The number of ether oxygens (including phenoxy) is 2. The van der Waals surface area contributed by atoms with Crippen molar-refractivity contribution in [3.63, 3.8) is 0 Å². The van der Waals surface area contributed by atoms with Crippen molar-refractivity contribution < 1.29 is 14.3 Å². The van der Waals surface area contributed by atoms with Crippen molar-refractivity contribution >= 4 is 17.7 Å². The van der Waals surface area contributed by atoms with Crippen LogP contribution in [0.4, 0.5) is 0 Å². The first kappa shape index (κ1) is 22.4. The van der Waals surface area contributed by atoms with Crippen LogP contribution in [0.5, 0.6) is 5.75 Å². The van der Waals surface area contributed by atoms with Gasteiger partial charge in [0.05, 0.1) is 25.0 Å². The summed E-state index contributed by atoms with van der Waals surface area (Å²) < 4.78 is 10.5. The molecular formula is C25H24N2O3S. The first-order valence-corrected chi connectivity index (χ1v) is 11.0. The number of carbonyl (C=O) groups is 1. The molecule has 0 bridgehead atoms. The molecule has 0 saturated carbocycles. The Morgan fingerprint density at radius 1 is 1.10 bits per heavy atom. The fraction of sp³-hybridized carbons (Fsp3) is 0.240. The van der Waals surface area contributed by atoms with E-state index in [1.165, 1.54) is 11.8 Å². The van der Waals surface area contributed by atoms with Crippen LogP contribution >= 0.6 is 11.8 Å². The quantitative estimate of drug-likeness (QED) is 0.334. The molecular weight excluding hydrogens is 408 g/mol. The highest BCUT2D eigenvalue weighted by molar-refractivity contribution is 8.00. The minimum atomic E-state index is -0.436. The summed E-state index contributed by atoms with van der Waals surface area (Å²) in [5.74, 6) is 0.444. The minimum Gasteiger partial charge on any atom is -0.497 e. The van der Waals surface area contributed by atoms with E-state index in [4.69, 9.17) is 14.5 Å². The summed E-state index contributed by atoms with van der Waals surface area (Å²) in [6.07, 6.45) is 0.573. The molecule has 2 aromatic carbocycles. The lowest BCUT2D eigenvalue weighted by Crippen LogP contribution is -2.19. The van der Waals surface area contributed by atoms with Gasteiger partial charge in [0.15, 0.2) is 0 Å². The first-order chi connectivity index (χ1) is 15.1. The van der Waals surface area contributed by atoms with Gasteiger partial charge in [-0.15, -0.1) is 0 Å². The number of nitrogens with zero attached hydrogens (tertiary/aromatic N) is 2. The summed E-state index contributed by atoms with van der Waals surface area (Å²) in [4.78, 5) is 17.2. The molecule has 3 rings (SSSR count). The van der Waals surface area contributed by atoms with E-state index in [9.17, 15) is 10.1 Å². The lowest BCUT2D eigenvalue weighted by atomic mass is 9.99. The van der Waals surface area contributed by atoms with E-state index >= 15 is 0 Å². The van der Waals surface area contributed by atoms with E-state index in [2.05, 4.69) is 6.07 Å². The van der Waals surface area contributed by atoms with Gasteiger partial charge in [-0.05, 0) is 37.1 Å². The Labute approximate surface area is 187 Å². The second kappa shape index (κ2) is 10.6. The lowest BCUT2D eigenvalue weighted by molar-refractivity contribution is -0.142. The predicted molar refractivity (Wildman–Crippen MR) is 123 cm³/mol. The standard InChI is InChI=1S/C25H24N2O3S/c1-4-23(25(28)30-5-2)31-24-21(16-26)20(17-11-13-19(29-3)14-12-17)15-22(27-24)18-9-7-6-8-10-18/h6-15,23H,4-5H2,1-3H3. The van der Waals surface area contributed by atoms with Crippen LogP contribution < -0.4 is 4.74 Å². The van der Waals surface area contributed by atoms with E-state index in [0.717, 1.165) is 28.1 Å². The molecule has 0 aliphatic carbocycles. The number of pyridine rings is 1. The molecule has 6 heteroatoms. The Balaban J connectivity index is 2.16. The van der Waals surface area contributed by atoms with Crippen molar-refractivity contribution in [2.75, 3.05) is 13.7 Å². The van der Waals surface area contributed by atoms with Crippen LogP contribution in [-0.2, 0) is 9.53 Å². The number of hydrogen-bond donors (Lipinski definition) is 0. The number of thioether (sulfide) groups is 1. The second-order valence-corrected chi connectivity index (χ2v) is 7.90. The van der Waals surface area contributed by atoms with E-state index in [0.29, 0.717) is 23.6 Å². The summed E-state index contributed by atoms with van der Waals surface area (Å²) in [5, 5.41) is 10.1. The Hall–Kier alpha value is -3.30. The molecule has 1 unspecified atom stereocenters. The Morgan fingerprint density at radius 3 is 2.39 bits per heavy atom. The molecule has 0 fully saturated rings. The fourth-order valence-corrected chi connectivity index (χ4v) is 4.16. The Bertz CT molecular complexity index is 1080. The highest BCUT2D eigenvalue weighted by Crippen LogP contribution is 2.37. The monoisotopic (exact) mass is 432 g/mol. The molecule has 1 heterocycles. The van der Waals surface area contributed by atoms with Crippen molar-refractivity contribution in [2.24, 2.45) is 0 Å². The summed E-state index contributed by atoms with van der Waals surface area (Å²) in [6, 6.07) is 21.6. The molecule has 0 spiro atoms. The molecule has 1 aromatic heterocycles. The van der Waals surface area contributed by atoms with Crippen LogP contribution in [0.15, 0.2) is 65.7 Å². The van der Waals surface area contributed by atoms with Crippen molar-refractivity contribution in [3.8, 4) is 34.2 Å². The predicted octanol–water partition coefficient (Wildman–Crippen LogP) is 5.73. The van der Waals surface area contributed by atoms with Crippen molar-refractivity contribution in [2.45, 2.75) is 30.5 Å². The average molecular weight is 433 g/mol. The van der Waals surface area contributed by atoms with Gasteiger partial charge in [-0.1, -0.05) is 61.2 Å². The van der Waals surface area contributed by atoms with Gasteiger partial charge in [0.2, 0.25) is 0 Å². The molecule has 0 amide bonds. The largest absolute Gasteiger partial charge is 0.497 e.